The summed E-state index contributed by atoms with van der Waals surface area (Å²) in [5, 5.41) is 8.30. The molecule has 0 saturated heterocycles. The lowest BCUT2D eigenvalue weighted by Gasteiger charge is -2.12. The summed E-state index contributed by atoms with van der Waals surface area (Å²) in [7, 11) is -3.36. The van der Waals surface area contributed by atoms with Crippen LogP contribution in [0.25, 0.3) is 0 Å². The van der Waals surface area contributed by atoms with E-state index in [0.29, 0.717) is 18.5 Å². The SMILES string of the molecule is O=S(=O)(Nc1cccc(C#CCO)n1)C1CCCC1. The summed E-state index contributed by atoms with van der Waals surface area (Å²) in [6.45, 7) is -0.250. The van der Waals surface area contributed by atoms with Crippen LogP contribution in [-0.4, -0.2) is 30.4 Å². The van der Waals surface area contributed by atoms with Crippen molar-refractivity contribution in [1.29, 1.82) is 0 Å². The molecule has 0 aromatic carbocycles. The molecule has 1 fully saturated rings. The third kappa shape index (κ3) is 3.69. The van der Waals surface area contributed by atoms with Gasteiger partial charge in [0.05, 0.1) is 5.25 Å². The summed E-state index contributed by atoms with van der Waals surface area (Å²) < 4.78 is 26.7. The summed E-state index contributed by atoms with van der Waals surface area (Å²) in [5.74, 6) is 5.39. The molecule has 1 aromatic heterocycles. The zero-order valence-electron chi connectivity index (χ0n) is 10.5. The molecule has 0 unspecified atom stereocenters. The number of anilines is 1. The minimum Gasteiger partial charge on any atom is -0.384 e. The van der Waals surface area contributed by atoms with Gasteiger partial charge in [0.2, 0.25) is 10.0 Å². The summed E-state index contributed by atoms with van der Waals surface area (Å²) in [6, 6.07) is 4.94. The molecule has 2 rings (SSSR count). The highest BCUT2D eigenvalue weighted by atomic mass is 32.2. The molecule has 1 aliphatic carbocycles. The lowest BCUT2D eigenvalue weighted by atomic mass is 10.3. The van der Waals surface area contributed by atoms with Gasteiger partial charge in [-0.1, -0.05) is 24.8 Å². The predicted octanol–water partition coefficient (Wildman–Crippen LogP) is 1.11. The fourth-order valence-corrected chi connectivity index (χ4v) is 3.64. The fraction of sp³-hybridized carbons (Fsp3) is 0.462. The molecule has 1 heterocycles. The number of pyridine rings is 1. The number of aliphatic hydroxyl groups excluding tert-OH is 1. The zero-order valence-corrected chi connectivity index (χ0v) is 11.3. The van der Waals surface area contributed by atoms with Crippen LogP contribution in [0.5, 0.6) is 0 Å². The minimum absolute atomic E-state index is 0.250. The molecule has 2 N–H and O–H groups in total. The van der Waals surface area contributed by atoms with Gasteiger partial charge >= 0.3 is 0 Å². The number of nitrogens with one attached hydrogen (secondary N) is 1. The van der Waals surface area contributed by atoms with E-state index in [1.165, 1.54) is 0 Å². The normalized spacial score (nSPS) is 15.8. The molecule has 0 spiro atoms. The maximum Gasteiger partial charge on any atom is 0.236 e. The third-order valence-electron chi connectivity index (χ3n) is 3.03. The molecule has 0 radical (unpaired) electrons. The predicted molar refractivity (Wildman–Crippen MR) is 73.0 cm³/mol. The van der Waals surface area contributed by atoms with Crippen LogP contribution >= 0.6 is 0 Å². The Morgan fingerprint density at radius 3 is 2.79 bits per heavy atom. The van der Waals surface area contributed by atoms with Crippen LogP contribution in [0.1, 0.15) is 31.4 Å². The Balaban J connectivity index is 2.14. The van der Waals surface area contributed by atoms with Crippen LogP contribution in [0, 0.1) is 11.8 Å². The first-order valence-electron chi connectivity index (χ1n) is 6.20. The molecule has 5 nitrogen and oxygen atoms in total. The second-order valence-corrected chi connectivity index (χ2v) is 6.38. The molecule has 6 heteroatoms. The Morgan fingerprint density at radius 2 is 2.11 bits per heavy atom. The Bertz CT molecular complexity index is 596. The van der Waals surface area contributed by atoms with Gasteiger partial charge in [0.15, 0.2) is 0 Å². The van der Waals surface area contributed by atoms with E-state index < -0.39 is 10.0 Å². The first-order valence-corrected chi connectivity index (χ1v) is 7.75. The van der Waals surface area contributed by atoms with Gasteiger partial charge in [0.25, 0.3) is 0 Å². The van der Waals surface area contributed by atoms with Gasteiger partial charge in [-0.15, -0.1) is 0 Å². The highest BCUT2D eigenvalue weighted by Crippen LogP contribution is 2.25. The molecule has 0 amide bonds. The van der Waals surface area contributed by atoms with Crippen molar-refractivity contribution in [2.45, 2.75) is 30.9 Å². The van der Waals surface area contributed by atoms with Gasteiger partial charge in [-0.25, -0.2) is 13.4 Å². The van der Waals surface area contributed by atoms with Crippen molar-refractivity contribution in [2.75, 3.05) is 11.3 Å². The van der Waals surface area contributed by atoms with E-state index in [1.807, 2.05) is 0 Å². The molecule has 0 atom stereocenters. The smallest absolute Gasteiger partial charge is 0.236 e. The van der Waals surface area contributed by atoms with Gasteiger partial charge in [-0.05, 0) is 30.9 Å². The van der Waals surface area contributed by atoms with Crippen molar-refractivity contribution >= 4 is 15.8 Å². The third-order valence-corrected chi connectivity index (χ3v) is 4.88. The second-order valence-electron chi connectivity index (χ2n) is 4.42. The first-order chi connectivity index (χ1) is 9.12. The molecule has 0 bridgehead atoms. The number of hydrogen-bond donors (Lipinski definition) is 2. The number of hydrogen-bond acceptors (Lipinski definition) is 4. The highest BCUT2D eigenvalue weighted by molar-refractivity contribution is 7.93. The van der Waals surface area contributed by atoms with Crippen LogP contribution in [-0.2, 0) is 10.0 Å². The van der Waals surface area contributed by atoms with Gasteiger partial charge in [-0.3, -0.25) is 4.72 Å². The van der Waals surface area contributed by atoms with Gasteiger partial charge in [-0.2, -0.15) is 0 Å². The lowest BCUT2D eigenvalue weighted by Crippen LogP contribution is -2.25. The highest BCUT2D eigenvalue weighted by Gasteiger charge is 2.28. The summed E-state index contributed by atoms with van der Waals surface area (Å²) in [4.78, 5) is 4.09. The average Bonchev–Trinajstić information content (AvgIpc) is 2.91. The van der Waals surface area contributed by atoms with Gasteiger partial charge in [0, 0.05) is 0 Å². The molecule has 1 saturated carbocycles. The largest absolute Gasteiger partial charge is 0.384 e. The molecular formula is C13H16N2O3S. The minimum atomic E-state index is -3.36. The van der Waals surface area contributed by atoms with Crippen LogP contribution in [0.3, 0.4) is 0 Å². The van der Waals surface area contributed by atoms with E-state index in [-0.39, 0.29) is 17.7 Å². The summed E-state index contributed by atoms with van der Waals surface area (Å²) >= 11 is 0. The number of nitrogens with zero attached hydrogens (tertiary/aromatic N) is 1. The fourth-order valence-electron chi connectivity index (χ4n) is 2.12. The topological polar surface area (TPSA) is 79.3 Å². The van der Waals surface area contributed by atoms with Crippen molar-refractivity contribution < 1.29 is 13.5 Å². The van der Waals surface area contributed by atoms with Crippen molar-refractivity contribution in [1.82, 2.24) is 4.98 Å². The number of aromatic nitrogens is 1. The van der Waals surface area contributed by atoms with Crippen LogP contribution < -0.4 is 4.72 Å². The monoisotopic (exact) mass is 280 g/mol. The van der Waals surface area contributed by atoms with E-state index >= 15 is 0 Å². The van der Waals surface area contributed by atoms with Crippen LogP contribution in [0.4, 0.5) is 5.82 Å². The second kappa shape index (κ2) is 6.04. The Labute approximate surface area is 113 Å². The Morgan fingerprint density at radius 1 is 1.37 bits per heavy atom. The quantitative estimate of drug-likeness (QED) is 0.813. The maximum atomic E-state index is 12.1. The first kappa shape index (κ1) is 13.8. The molecule has 19 heavy (non-hydrogen) atoms. The summed E-state index contributed by atoms with van der Waals surface area (Å²) in [5.41, 5.74) is 0.431. The van der Waals surface area contributed by atoms with E-state index in [1.54, 1.807) is 18.2 Å². The zero-order chi connectivity index (χ0) is 13.7. The molecule has 102 valence electrons. The average molecular weight is 280 g/mol. The van der Waals surface area contributed by atoms with Crippen molar-refractivity contribution in [3.63, 3.8) is 0 Å². The number of sulfonamides is 1. The van der Waals surface area contributed by atoms with E-state index in [4.69, 9.17) is 5.11 Å². The van der Waals surface area contributed by atoms with Crippen LogP contribution in [0.15, 0.2) is 18.2 Å². The molecule has 1 aromatic rings. The molecule has 0 aliphatic heterocycles. The number of aliphatic hydroxyl groups is 1. The van der Waals surface area contributed by atoms with Crippen molar-refractivity contribution in [2.24, 2.45) is 0 Å². The standard InChI is InChI=1S/C13H16N2O3S/c16-10-4-6-11-5-3-9-13(14-11)15-19(17,18)12-7-1-2-8-12/h3,5,9,12,16H,1-2,7-8,10H2,(H,14,15). The number of rotatable bonds is 3. The summed E-state index contributed by atoms with van der Waals surface area (Å²) in [6.07, 6.45) is 3.33. The van der Waals surface area contributed by atoms with E-state index in [2.05, 4.69) is 21.5 Å². The van der Waals surface area contributed by atoms with E-state index in [9.17, 15) is 8.42 Å². The molecular weight excluding hydrogens is 264 g/mol. The Hall–Kier alpha value is -1.58. The van der Waals surface area contributed by atoms with Crippen molar-refractivity contribution in [3.8, 4) is 11.8 Å². The van der Waals surface area contributed by atoms with E-state index in [0.717, 1.165) is 12.8 Å². The Kier molecular flexibility index (Phi) is 4.40. The lowest BCUT2D eigenvalue weighted by molar-refractivity contribution is 0.350. The maximum absolute atomic E-state index is 12.1. The van der Waals surface area contributed by atoms with Crippen LogP contribution in [0.2, 0.25) is 0 Å². The van der Waals surface area contributed by atoms with Gasteiger partial charge < -0.3 is 5.11 Å². The van der Waals surface area contributed by atoms with Crippen molar-refractivity contribution in [3.05, 3.63) is 23.9 Å². The van der Waals surface area contributed by atoms with Gasteiger partial charge in [0.1, 0.15) is 18.1 Å². The molecule has 1 aliphatic rings.